The molecule has 0 saturated carbocycles. The number of ether oxygens (including phenoxy) is 2. The number of aromatic nitrogens is 2. The van der Waals surface area contributed by atoms with Gasteiger partial charge in [-0.05, 0) is 12.1 Å². The summed E-state index contributed by atoms with van der Waals surface area (Å²) in [6, 6.07) is 5.99. The normalized spacial score (nSPS) is 10.9. The molecule has 2 aromatic rings. The molecule has 0 aliphatic heterocycles. The van der Waals surface area contributed by atoms with Gasteiger partial charge in [-0.3, -0.25) is 0 Å². The molecule has 1 N–H and O–H groups in total. The second-order valence-corrected chi connectivity index (χ2v) is 4.90. The highest BCUT2D eigenvalue weighted by atomic mass is 16.5. The summed E-state index contributed by atoms with van der Waals surface area (Å²) in [6.07, 6.45) is 0.692. The standard InChI is InChI=1S/C15H21N3O3/c1-10(2)16-9-8-13-17-18-15(21-13)11-6-5-7-12(19-3)14(11)20-4/h5-7,10,16H,8-9H2,1-4H3. The molecule has 0 aliphatic carbocycles. The maximum absolute atomic E-state index is 5.70. The molecule has 0 atom stereocenters. The number of nitrogens with zero attached hydrogens (tertiary/aromatic N) is 2. The van der Waals surface area contributed by atoms with Gasteiger partial charge in [0.15, 0.2) is 11.5 Å². The third kappa shape index (κ3) is 3.72. The Hall–Kier alpha value is -2.08. The van der Waals surface area contributed by atoms with E-state index in [1.807, 2.05) is 18.2 Å². The largest absolute Gasteiger partial charge is 0.493 e. The van der Waals surface area contributed by atoms with Crippen molar-refractivity contribution >= 4 is 0 Å². The summed E-state index contributed by atoms with van der Waals surface area (Å²) in [5.74, 6) is 2.26. The third-order valence-corrected chi connectivity index (χ3v) is 2.99. The van der Waals surface area contributed by atoms with Crippen molar-refractivity contribution in [1.82, 2.24) is 15.5 Å². The quantitative estimate of drug-likeness (QED) is 0.844. The lowest BCUT2D eigenvalue weighted by molar-refractivity contribution is 0.355. The average molecular weight is 291 g/mol. The number of methoxy groups -OCH3 is 2. The molecule has 1 heterocycles. The van der Waals surface area contributed by atoms with Gasteiger partial charge in [-0.15, -0.1) is 10.2 Å². The second kappa shape index (κ2) is 7.08. The Labute approximate surface area is 124 Å². The maximum Gasteiger partial charge on any atom is 0.251 e. The van der Waals surface area contributed by atoms with Crippen LogP contribution in [-0.2, 0) is 6.42 Å². The molecule has 0 saturated heterocycles. The van der Waals surface area contributed by atoms with Crippen LogP contribution in [0, 0.1) is 0 Å². The van der Waals surface area contributed by atoms with Gasteiger partial charge in [0.2, 0.25) is 5.89 Å². The Kier molecular flexibility index (Phi) is 5.16. The van der Waals surface area contributed by atoms with Crippen LogP contribution in [0.2, 0.25) is 0 Å². The number of nitrogens with one attached hydrogen (secondary N) is 1. The molecule has 0 radical (unpaired) electrons. The van der Waals surface area contributed by atoms with E-state index >= 15 is 0 Å². The van der Waals surface area contributed by atoms with Crippen LogP contribution in [-0.4, -0.2) is 37.0 Å². The predicted octanol–water partition coefficient (Wildman–Crippen LogP) is 2.29. The molecule has 6 nitrogen and oxygen atoms in total. The van der Waals surface area contributed by atoms with Crippen molar-refractivity contribution in [1.29, 1.82) is 0 Å². The first-order valence-corrected chi connectivity index (χ1v) is 6.92. The molecule has 114 valence electrons. The molecule has 21 heavy (non-hydrogen) atoms. The maximum atomic E-state index is 5.70. The Balaban J connectivity index is 2.17. The zero-order valence-electron chi connectivity index (χ0n) is 12.8. The summed E-state index contributed by atoms with van der Waals surface area (Å²) >= 11 is 0. The van der Waals surface area contributed by atoms with Gasteiger partial charge in [0, 0.05) is 19.0 Å². The highest BCUT2D eigenvalue weighted by Gasteiger charge is 2.16. The van der Waals surface area contributed by atoms with Crippen molar-refractivity contribution in [2.45, 2.75) is 26.3 Å². The minimum atomic E-state index is 0.435. The molecule has 0 unspecified atom stereocenters. The fourth-order valence-electron chi connectivity index (χ4n) is 1.99. The van der Waals surface area contributed by atoms with Gasteiger partial charge < -0.3 is 19.2 Å². The minimum Gasteiger partial charge on any atom is -0.493 e. The summed E-state index contributed by atoms with van der Waals surface area (Å²) in [6.45, 7) is 5.00. The van der Waals surface area contributed by atoms with E-state index < -0.39 is 0 Å². The molecule has 0 spiro atoms. The molecular weight excluding hydrogens is 270 g/mol. The summed E-state index contributed by atoms with van der Waals surface area (Å²) in [5.41, 5.74) is 0.729. The van der Waals surface area contributed by atoms with Gasteiger partial charge in [-0.2, -0.15) is 0 Å². The third-order valence-electron chi connectivity index (χ3n) is 2.99. The van der Waals surface area contributed by atoms with E-state index in [0.29, 0.717) is 35.7 Å². The van der Waals surface area contributed by atoms with Crippen molar-refractivity contribution in [3.63, 3.8) is 0 Å². The summed E-state index contributed by atoms with van der Waals surface area (Å²) < 4.78 is 16.3. The molecule has 0 aliphatic rings. The number of benzene rings is 1. The fourth-order valence-corrected chi connectivity index (χ4v) is 1.99. The Bertz CT molecular complexity index is 581. The Morgan fingerprint density at radius 1 is 1.19 bits per heavy atom. The predicted molar refractivity (Wildman–Crippen MR) is 79.7 cm³/mol. The first-order valence-electron chi connectivity index (χ1n) is 6.92. The Morgan fingerprint density at radius 3 is 2.67 bits per heavy atom. The van der Waals surface area contributed by atoms with Crippen LogP contribution in [0.3, 0.4) is 0 Å². The van der Waals surface area contributed by atoms with Crippen LogP contribution in [0.5, 0.6) is 11.5 Å². The summed E-state index contributed by atoms with van der Waals surface area (Å²) in [4.78, 5) is 0. The van der Waals surface area contributed by atoms with Crippen molar-refractivity contribution in [2.75, 3.05) is 20.8 Å². The molecule has 0 bridgehead atoms. The van der Waals surface area contributed by atoms with Gasteiger partial charge >= 0.3 is 0 Å². The van der Waals surface area contributed by atoms with Crippen LogP contribution in [0.4, 0.5) is 0 Å². The van der Waals surface area contributed by atoms with Crippen LogP contribution < -0.4 is 14.8 Å². The van der Waals surface area contributed by atoms with Crippen LogP contribution in [0.25, 0.3) is 11.5 Å². The molecule has 1 aromatic heterocycles. The lowest BCUT2D eigenvalue weighted by Gasteiger charge is -2.09. The smallest absolute Gasteiger partial charge is 0.251 e. The minimum absolute atomic E-state index is 0.435. The number of hydrogen-bond acceptors (Lipinski definition) is 6. The van der Waals surface area contributed by atoms with E-state index in [1.165, 1.54) is 0 Å². The van der Waals surface area contributed by atoms with E-state index in [0.717, 1.165) is 12.1 Å². The van der Waals surface area contributed by atoms with E-state index in [1.54, 1.807) is 14.2 Å². The summed E-state index contributed by atoms with van der Waals surface area (Å²) in [7, 11) is 3.18. The first kappa shape index (κ1) is 15.3. The van der Waals surface area contributed by atoms with E-state index in [4.69, 9.17) is 13.9 Å². The highest BCUT2D eigenvalue weighted by Crippen LogP contribution is 2.36. The van der Waals surface area contributed by atoms with E-state index in [9.17, 15) is 0 Å². The van der Waals surface area contributed by atoms with Crippen molar-refractivity contribution in [3.05, 3.63) is 24.1 Å². The van der Waals surface area contributed by atoms with Gasteiger partial charge in [0.25, 0.3) is 5.89 Å². The van der Waals surface area contributed by atoms with E-state index in [2.05, 4.69) is 29.4 Å². The lowest BCUT2D eigenvalue weighted by atomic mass is 10.2. The molecule has 6 heteroatoms. The number of rotatable bonds is 7. The van der Waals surface area contributed by atoms with Crippen LogP contribution >= 0.6 is 0 Å². The highest BCUT2D eigenvalue weighted by molar-refractivity contribution is 5.67. The SMILES string of the molecule is COc1cccc(-c2nnc(CCNC(C)C)o2)c1OC. The molecular formula is C15H21N3O3. The van der Waals surface area contributed by atoms with Gasteiger partial charge in [0.05, 0.1) is 19.8 Å². The molecule has 0 amide bonds. The summed E-state index contributed by atoms with van der Waals surface area (Å²) in [5, 5.41) is 11.5. The molecule has 2 rings (SSSR count). The lowest BCUT2D eigenvalue weighted by Crippen LogP contribution is -2.25. The molecule has 1 aromatic carbocycles. The first-order chi connectivity index (χ1) is 10.2. The number of para-hydroxylation sites is 1. The zero-order chi connectivity index (χ0) is 15.2. The fraction of sp³-hybridized carbons (Fsp3) is 0.467. The van der Waals surface area contributed by atoms with Crippen LogP contribution in [0.15, 0.2) is 22.6 Å². The second-order valence-electron chi connectivity index (χ2n) is 4.90. The molecule has 0 fully saturated rings. The zero-order valence-corrected chi connectivity index (χ0v) is 12.8. The van der Waals surface area contributed by atoms with Crippen molar-refractivity contribution in [2.24, 2.45) is 0 Å². The topological polar surface area (TPSA) is 69.4 Å². The van der Waals surface area contributed by atoms with Crippen LogP contribution in [0.1, 0.15) is 19.7 Å². The van der Waals surface area contributed by atoms with Crippen molar-refractivity contribution in [3.8, 4) is 23.0 Å². The average Bonchev–Trinajstić information content (AvgIpc) is 2.94. The van der Waals surface area contributed by atoms with Gasteiger partial charge in [-0.25, -0.2) is 0 Å². The number of hydrogen-bond donors (Lipinski definition) is 1. The van der Waals surface area contributed by atoms with Crippen molar-refractivity contribution < 1.29 is 13.9 Å². The van der Waals surface area contributed by atoms with E-state index in [-0.39, 0.29) is 0 Å². The van der Waals surface area contributed by atoms with Gasteiger partial charge in [-0.1, -0.05) is 19.9 Å². The Morgan fingerprint density at radius 2 is 2.00 bits per heavy atom. The van der Waals surface area contributed by atoms with Gasteiger partial charge in [0.1, 0.15) is 0 Å². The monoisotopic (exact) mass is 291 g/mol.